The number of pyridine rings is 1. The van der Waals surface area contributed by atoms with E-state index in [9.17, 15) is 13.2 Å². The number of fused-ring (bicyclic) bond motifs is 1. The Morgan fingerprint density at radius 3 is 2.52 bits per heavy atom. The topological polar surface area (TPSA) is 39.4 Å². The molecule has 4 nitrogen and oxygen atoms in total. The zero-order valence-corrected chi connectivity index (χ0v) is 10.9. The van der Waals surface area contributed by atoms with Crippen molar-refractivity contribution < 1.29 is 17.9 Å². The number of methoxy groups -OCH3 is 1. The van der Waals surface area contributed by atoms with Crippen LogP contribution in [0.4, 0.5) is 13.2 Å². The molecule has 0 atom stereocenters. The first-order chi connectivity index (χ1) is 10.0. The van der Waals surface area contributed by atoms with Gasteiger partial charge in [-0.25, -0.2) is 0 Å². The number of aromatic nitrogens is 3. The molecule has 2 aromatic heterocycles. The lowest BCUT2D eigenvalue weighted by molar-refractivity contribution is -0.137. The molecule has 0 bridgehead atoms. The SMILES string of the molecule is COc1ccc2nnc(-c3ccccc3C(F)(F)F)n2c1. The van der Waals surface area contributed by atoms with Gasteiger partial charge in [0.05, 0.1) is 18.9 Å². The average molecular weight is 293 g/mol. The molecule has 108 valence electrons. The molecule has 0 aliphatic heterocycles. The summed E-state index contributed by atoms with van der Waals surface area (Å²) < 4.78 is 45.9. The lowest BCUT2D eigenvalue weighted by Gasteiger charge is -2.11. The van der Waals surface area contributed by atoms with Gasteiger partial charge in [0.2, 0.25) is 0 Å². The Morgan fingerprint density at radius 1 is 1.05 bits per heavy atom. The van der Waals surface area contributed by atoms with Crippen LogP contribution in [0.5, 0.6) is 5.75 Å². The van der Waals surface area contributed by atoms with E-state index in [1.807, 2.05) is 0 Å². The summed E-state index contributed by atoms with van der Waals surface area (Å²) in [5.41, 5.74) is -0.323. The van der Waals surface area contributed by atoms with Crippen molar-refractivity contribution in [1.82, 2.24) is 14.6 Å². The van der Waals surface area contributed by atoms with Gasteiger partial charge in [-0.1, -0.05) is 18.2 Å². The quantitative estimate of drug-likeness (QED) is 0.726. The van der Waals surface area contributed by atoms with Gasteiger partial charge in [0, 0.05) is 5.56 Å². The lowest BCUT2D eigenvalue weighted by atomic mass is 10.1. The molecule has 0 radical (unpaired) electrons. The number of halogens is 3. The zero-order chi connectivity index (χ0) is 15.0. The summed E-state index contributed by atoms with van der Waals surface area (Å²) in [7, 11) is 1.48. The zero-order valence-electron chi connectivity index (χ0n) is 10.9. The number of benzene rings is 1. The summed E-state index contributed by atoms with van der Waals surface area (Å²) in [6.07, 6.45) is -2.90. The van der Waals surface area contributed by atoms with E-state index >= 15 is 0 Å². The van der Waals surface area contributed by atoms with Gasteiger partial charge in [0.15, 0.2) is 11.5 Å². The fraction of sp³-hybridized carbons (Fsp3) is 0.143. The fourth-order valence-electron chi connectivity index (χ4n) is 2.10. The molecule has 0 saturated carbocycles. The fourth-order valence-corrected chi connectivity index (χ4v) is 2.10. The van der Waals surface area contributed by atoms with Crippen LogP contribution in [-0.4, -0.2) is 21.7 Å². The Labute approximate surface area is 117 Å². The predicted molar refractivity (Wildman–Crippen MR) is 70.0 cm³/mol. The smallest absolute Gasteiger partial charge is 0.417 e. The Bertz CT molecular complexity index is 796. The van der Waals surface area contributed by atoms with Crippen LogP contribution in [0.3, 0.4) is 0 Å². The third kappa shape index (κ3) is 2.31. The molecular weight excluding hydrogens is 283 g/mol. The lowest BCUT2D eigenvalue weighted by Crippen LogP contribution is -2.08. The Hall–Kier alpha value is -2.57. The second kappa shape index (κ2) is 4.76. The largest absolute Gasteiger partial charge is 0.495 e. The summed E-state index contributed by atoms with van der Waals surface area (Å²) >= 11 is 0. The first-order valence-corrected chi connectivity index (χ1v) is 6.06. The predicted octanol–water partition coefficient (Wildman–Crippen LogP) is 3.42. The maximum Gasteiger partial charge on any atom is 0.417 e. The highest BCUT2D eigenvalue weighted by Crippen LogP contribution is 2.36. The summed E-state index contributed by atoms with van der Waals surface area (Å²) in [4.78, 5) is 0. The van der Waals surface area contributed by atoms with E-state index in [1.54, 1.807) is 18.3 Å². The molecule has 1 aromatic carbocycles. The molecule has 0 spiro atoms. The second-order valence-electron chi connectivity index (χ2n) is 4.36. The minimum absolute atomic E-state index is 0.0225. The summed E-state index contributed by atoms with van der Waals surface area (Å²) in [5, 5.41) is 7.76. The van der Waals surface area contributed by atoms with E-state index in [2.05, 4.69) is 10.2 Å². The summed E-state index contributed by atoms with van der Waals surface area (Å²) in [6.45, 7) is 0. The maximum absolute atomic E-state index is 13.1. The van der Waals surface area contributed by atoms with Crippen LogP contribution in [0.2, 0.25) is 0 Å². The minimum atomic E-state index is -4.46. The number of ether oxygens (including phenoxy) is 1. The monoisotopic (exact) mass is 293 g/mol. The molecule has 0 unspecified atom stereocenters. The van der Waals surface area contributed by atoms with Crippen molar-refractivity contribution in [3.8, 4) is 17.1 Å². The van der Waals surface area contributed by atoms with E-state index in [0.717, 1.165) is 6.07 Å². The van der Waals surface area contributed by atoms with E-state index < -0.39 is 11.7 Å². The van der Waals surface area contributed by atoms with Crippen molar-refractivity contribution in [3.05, 3.63) is 48.2 Å². The summed E-state index contributed by atoms with van der Waals surface area (Å²) in [6, 6.07) is 8.58. The highest BCUT2D eigenvalue weighted by atomic mass is 19.4. The van der Waals surface area contributed by atoms with Crippen molar-refractivity contribution in [2.45, 2.75) is 6.18 Å². The van der Waals surface area contributed by atoms with Crippen molar-refractivity contribution in [2.75, 3.05) is 7.11 Å². The van der Waals surface area contributed by atoms with E-state index in [1.165, 1.54) is 29.7 Å². The van der Waals surface area contributed by atoms with Crippen LogP contribution < -0.4 is 4.74 Å². The van der Waals surface area contributed by atoms with Crippen LogP contribution in [0.15, 0.2) is 42.6 Å². The van der Waals surface area contributed by atoms with E-state index in [0.29, 0.717) is 11.4 Å². The minimum Gasteiger partial charge on any atom is -0.495 e. The number of nitrogens with zero attached hydrogens (tertiary/aromatic N) is 3. The van der Waals surface area contributed by atoms with Crippen molar-refractivity contribution in [2.24, 2.45) is 0 Å². The standard InChI is InChI=1S/C14H10F3N3O/c1-21-9-6-7-12-18-19-13(20(12)8-9)10-4-2-3-5-11(10)14(15,16)17/h2-8H,1H3. The second-order valence-corrected chi connectivity index (χ2v) is 4.36. The molecule has 0 saturated heterocycles. The van der Waals surface area contributed by atoms with Gasteiger partial charge in [-0.15, -0.1) is 10.2 Å². The Kier molecular flexibility index (Phi) is 3.04. The third-order valence-corrected chi connectivity index (χ3v) is 3.08. The summed E-state index contributed by atoms with van der Waals surface area (Å²) in [5.74, 6) is 0.630. The third-order valence-electron chi connectivity index (χ3n) is 3.08. The average Bonchev–Trinajstić information content (AvgIpc) is 2.89. The Balaban J connectivity index is 2.26. The van der Waals surface area contributed by atoms with Crippen molar-refractivity contribution in [1.29, 1.82) is 0 Å². The Morgan fingerprint density at radius 2 is 1.81 bits per heavy atom. The first kappa shape index (κ1) is 13.4. The van der Waals surface area contributed by atoms with E-state index in [4.69, 9.17) is 4.74 Å². The highest BCUT2D eigenvalue weighted by Gasteiger charge is 2.34. The van der Waals surface area contributed by atoms with E-state index in [-0.39, 0.29) is 11.4 Å². The van der Waals surface area contributed by atoms with Gasteiger partial charge < -0.3 is 4.74 Å². The molecule has 0 fully saturated rings. The molecule has 0 amide bonds. The molecule has 3 rings (SSSR count). The first-order valence-electron chi connectivity index (χ1n) is 6.06. The molecule has 7 heteroatoms. The molecule has 2 heterocycles. The van der Waals surface area contributed by atoms with Crippen LogP contribution >= 0.6 is 0 Å². The number of rotatable bonds is 2. The van der Waals surface area contributed by atoms with Crippen molar-refractivity contribution in [3.63, 3.8) is 0 Å². The number of hydrogen-bond donors (Lipinski definition) is 0. The normalized spacial score (nSPS) is 11.8. The highest BCUT2D eigenvalue weighted by molar-refractivity contribution is 5.64. The van der Waals surface area contributed by atoms with Gasteiger partial charge in [0.1, 0.15) is 5.75 Å². The number of alkyl halides is 3. The van der Waals surface area contributed by atoms with Crippen LogP contribution in [-0.2, 0) is 6.18 Å². The molecule has 0 aliphatic carbocycles. The molecule has 0 N–H and O–H groups in total. The van der Waals surface area contributed by atoms with Gasteiger partial charge in [0.25, 0.3) is 0 Å². The molecular formula is C14H10F3N3O. The van der Waals surface area contributed by atoms with Crippen molar-refractivity contribution >= 4 is 5.65 Å². The molecule has 0 aliphatic rings. The van der Waals surface area contributed by atoms with Gasteiger partial charge >= 0.3 is 6.18 Å². The van der Waals surface area contributed by atoms with Gasteiger partial charge in [-0.2, -0.15) is 13.2 Å². The van der Waals surface area contributed by atoms with Crippen LogP contribution in [0.1, 0.15) is 5.56 Å². The van der Waals surface area contributed by atoms with Gasteiger partial charge in [-0.3, -0.25) is 4.40 Å². The molecule has 3 aromatic rings. The van der Waals surface area contributed by atoms with Crippen LogP contribution in [0.25, 0.3) is 17.0 Å². The maximum atomic E-state index is 13.1. The number of hydrogen-bond acceptors (Lipinski definition) is 3. The van der Waals surface area contributed by atoms with Crippen LogP contribution in [0, 0.1) is 0 Å². The van der Waals surface area contributed by atoms with Gasteiger partial charge in [-0.05, 0) is 18.2 Å². The molecule has 21 heavy (non-hydrogen) atoms.